The lowest BCUT2D eigenvalue weighted by Crippen LogP contribution is -2.75. The third-order valence-electron chi connectivity index (χ3n) is 11.7. The lowest BCUT2D eigenvalue weighted by molar-refractivity contribution is -0.657. The van der Waals surface area contributed by atoms with E-state index in [1.807, 2.05) is 30.3 Å². The molecule has 0 fully saturated rings. The number of carbonyl (C=O) groups excluding carboxylic acids is 1. The Bertz CT molecular complexity index is 2870. The van der Waals surface area contributed by atoms with Crippen molar-refractivity contribution < 1.29 is 119 Å². The summed E-state index contributed by atoms with van der Waals surface area (Å²) in [7, 11) is 0. The van der Waals surface area contributed by atoms with Crippen molar-refractivity contribution in [2.45, 2.75) is 56.0 Å². The molecule has 28 heteroatoms. The topological polar surface area (TPSA) is 20.9 Å². The minimum Gasteiger partial charge on any atom is -0.287 e. The Morgan fingerprint density at radius 1 is 0.351 bits per heavy atom. The Kier molecular flexibility index (Phi) is 15.5. The number of benzene rings is 6. The van der Waals surface area contributed by atoms with Gasteiger partial charge in [-0.15, -0.1) is 0 Å². The van der Waals surface area contributed by atoms with Crippen LogP contribution in [0.15, 0.2) is 140 Å². The number of hydrogen-bond donors (Lipinski definition) is 0. The van der Waals surface area contributed by atoms with Crippen LogP contribution >= 0.6 is 0 Å². The van der Waals surface area contributed by atoms with Gasteiger partial charge >= 0.3 is 49.4 Å². The van der Waals surface area contributed by atoms with Crippen molar-refractivity contribution in [2.75, 3.05) is 0 Å². The van der Waals surface area contributed by atoms with E-state index < -0.39 is 195 Å². The molecule has 0 atom stereocenters. The molecule has 1 aromatic heterocycles. The molecule has 6 aromatic carbocycles. The average molecular weight is 1130 g/mol. The van der Waals surface area contributed by atoms with Crippen molar-refractivity contribution in [1.82, 2.24) is 0 Å². The number of carbonyl (C=O) groups is 1. The molecule has 0 unspecified atom stereocenters. The van der Waals surface area contributed by atoms with Crippen molar-refractivity contribution in [3.8, 4) is 0 Å². The summed E-state index contributed by atoms with van der Waals surface area (Å²) < 4.78 is 356. The zero-order valence-electron chi connectivity index (χ0n) is 37.4. The Morgan fingerprint density at radius 3 is 0.909 bits per heavy atom. The summed E-state index contributed by atoms with van der Waals surface area (Å²) in [6.45, 7) is 0.199. The Hall–Kier alpha value is -7.29. The van der Waals surface area contributed by atoms with Crippen LogP contribution in [0.3, 0.4) is 0 Å². The minimum atomic E-state index is -6.13. The zero-order chi connectivity index (χ0) is 57.9. The molecular formula is C49H25BF25NO. The number of nitrogens with zero attached hydrogens (tertiary/aromatic N) is 1. The van der Waals surface area contributed by atoms with Crippen LogP contribution in [-0.4, -0.2) is 11.9 Å². The molecule has 0 radical (unpaired) electrons. The molecule has 0 saturated carbocycles. The van der Waals surface area contributed by atoms with E-state index in [0.29, 0.717) is 5.56 Å². The van der Waals surface area contributed by atoms with Gasteiger partial charge in [-0.3, -0.25) is 4.79 Å². The first kappa shape index (κ1) is 59.0. The molecule has 0 N–H and O–H groups in total. The summed E-state index contributed by atoms with van der Waals surface area (Å²) in [6, 6.07) is 8.65. The molecule has 77 heavy (non-hydrogen) atoms. The highest BCUT2D eigenvalue weighted by molar-refractivity contribution is 7.20. The van der Waals surface area contributed by atoms with Crippen LogP contribution in [0.2, 0.25) is 0 Å². The number of rotatable bonds is 7. The van der Waals surface area contributed by atoms with Gasteiger partial charge in [0.05, 0.1) is 44.5 Å². The third-order valence-corrected chi connectivity index (χ3v) is 11.7. The highest BCUT2D eigenvalue weighted by atomic mass is 19.4. The Morgan fingerprint density at radius 2 is 0.636 bits per heavy atom. The predicted octanol–water partition coefficient (Wildman–Crippen LogP) is 14.4. The van der Waals surface area contributed by atoms with Crippen LogP contribution in [0.5, 0.6) is 0 Å². The highest BCUT2D eigenvalue weighted by Crippen LogP contribution is 2.41. The molecule has 410 valence electrons. The monoisotopic (exact) mass is 1130 g/mol. The van der Waals surface area contributed by atoms with E-state index in [0.717, 1.165) is 10.9 Å². The van der Waals surface area contributed by atoms with Crippen LogP contribution in [0, 0.1) is 5.82 Å². The van der Waals surface area contributed by atoms with Crippen LogP contribution in [0.1, 0.15) is 54.9 Å². The summed E-state index contributed by atoms with van der Waals surface area (Å²) in [5.74, 6) is -0.294. The largest absolute Gasteiger partial charge is 0.416 e. The molecule has 2 nitrogen and oxygen atoms in total. The smallest absolute Gasteiger partial charge is 0.287 e. The SMILES string of the molecule is FC(F)(F)c1cc([B-](c2cc(C(F)(F)F)cc(C(F)(F)F)c2)(c2cc(C(F)(F)F)cc(C(F)(F)F)c2)c2cc(C(F)(F)F)cc(C(F)(F)F)c2)cc(C(F)(F)F)c1.O=C(C[n+]1cccc2ccc(F)cc21)c1ccccc1. The molecule has 7 aromatic rings. The first-order valence-corrected chi connectivity index (χ1v) is 21.0. The van der Waals surface area contributed by atoms with Crippen molar-refractivity contribution in [2.24, 2.45) is 0 Å². The maximum absolute atomic E-state index is 14.2. The number of Topliss-reactive ketones (excluding diaryl/α,β-unsaturated/α-hetero) is 1. The maximum atomic E-state index is 14.2. The fourth-order valence-electron chi connectivity index (χ4n) is 8.32. The molecular weight excluding hydrogens is 1100 g/mol. The van der Waals surface area contributed by atoms with Crippen LogP contribution < -0.4 is 26.4 Å². The van der Waals surface area contributed by atoms with E-state index >= 15 is 0 Å². The number of pyridine rings is 1. The highest BCUT2D eigenvalue weighted by Gasteiger charge is 2.47. The fourth-order valence-corrected chi connectivity index (χ4v) is 8.32. The molecule has 0 bridgehead atoms. The van der Waals surface area contributed by atoms with Crippen molar-refractivity contribution in [1.29, 1.82) is 0 Å². The number of hydrogen-bond acceptors (Lipinski definition) is 1. The van der Waals surface area contributed by atoms with Crippen LogP contribution in [-0.2, 0) is 56.0 Å². The lowest BCUT2D eigenvalue weighted by atomic mass is 9.12. The Balaban J connectivity index is 0.000000397. The van der Waals surface area contributed by atoms with Gasteiger partial charge in [-0.2, -0.15) is 132 Å². The standard InChI is InChI=1S/C32H12BF24.C17H13FNO/c34-25(35,36)13-1-14(26(37,38)39)6-21(5-13)33(22-7-15(27(40,41)42)2-16(8-22)28(43,44)45,23-9-17(29(46,47)48)3-18(10-23)30(49,50)51)24-11-19(31(52,53)54)4-20(12-24)32(55,56)57;18-15-9-8-13-7-4-10-19(16(13)11-15)12-17(20)14-5-2-1-3-6-14/h1-12H;1-11H,12H2/q-1;+1. The van der Waals surface area contributed by atoms with E-state index in [1.165, 1.54) is 12.1 Å². The fraction of sp³-hybridized carbons (Fsp3) is 0.184. The van der Waals surface area contributed by atoms with E-state index in [4.69, 9.17) is 0 Å². The second kappa shape index (κ2) is 20.3. The lowest BCUT2D eigenvalue weighted by Gasteiger charge is -2.46. The summed E-state index contributed by atoms with van der Waals surface area (Å²) in [5.41, 5.74) is -28.8. The third kappa shape index (κ3) is 13.3. The van der Waals surface area contributed by atoms with Gasteiger partial charge in [-0.25, -0.2) is 4.39 Å². The molecule has 0 saturated heterocycles. The summed E-state index contributed by atoms with van der Waals surface area (Å²) in [4.78, 5) is 12.2. The quantitative estimate of drug-likeness (QED) is 0.0674. The first-order valence-electron chi connectivity index (χ1n) is 21.0. The van der Waals surface area contributed by atoms with Gasteiger partial charge < -0.3 is 0 Å². The molecule has 0 spiro atoms. The zero-order valence-corrected chi connectivity index (χ0v) is 37.4. The predicted molar refractivity (Wildman–Crippen MR) is 225 cm³/mol. The molecule has 0 aliphatic heterocycles. The van der Waals surface area contributed by atoms with E-state index in [1.54, 1.807) is 29.0 Å². The number of ketones is 1. The van der Waals surface area contributed by atoms with Crippen LogP contribution in [0.4, 0.5) is 110 Å². The van der Waals surface area contributed by atoms with Gasteiger partial charge in [0.15, 0.2) is 6.20 Å². The van der Waals surface area contributed by atoms with E-state index in [9.17, 15) is 115 Å². The first-order chi connectivity index (χ1) is 35.0. The van der Waals surface area contributed by atoms with Crippen LogP contribution in [0.25, 0.3) is 10.9 Å². The second-order valence-electron chi connectivity index (χ2n) is 16.9. The number of aromatic nitrogens is 1. The van der Waals surface area contributed by atoms with Crippen molar-refractivity contribution in [3.63, 3.8) is 0 Å². The molecule has 0 aliphatic carbocycles. The van der Waals surface area contributed by atoms with E-state index in [-0.39, 0.29) is 18.1 Å². The number of fused-ring (bicyclic) bond motifs is 1. The Labute approximate surface area is 414 Å². The molecule has 0 amide bonds. The van der Waals surface area contributed by atoms with Gasteiger partial charge in [-0.1, -0.05) is 78.9 Å². The average Bonchev–Trinajstić information content (AvgIpc) is 3.30. The normalized spacial score (nSPS) is 13.4. The minimum absolute atomic E-state index is 0.00682. The van der Waals surface area contributed by atoms with E-state index in [2.05, 4.69) is 0 Å². The van der Waals surface area contributed by atoms with Gasteiger partial charge in [0.25, 0.3) is 0 Å². The maximum Gasteiger partial charge on any atom is 0.416 e. The molecule has 7 rings (SSSR count). The van der Waals surface area contributed by atoms with Gasteiger partial charge in [0.1, 0.15) is 12.0 Å². The molecule has 1 heterocycles. The summed E-state index contributed by atoms with van der Waals surface area (Å²) in [6.07, 6.45) is -53.0. The van der Waals surface area contributed by atoms with Gasteiger partial charge in [0, 0.05) is 23.1 Å². The number of alkyl halides is 24. The molecule has 0 aliphatic rings. The number of halogens is 25. The van der Waals surface area contributed by atoms with Crippen molar-refractivity contribution >= 4 is 44.7 Å². The second-order valence-corrected chi connectivity index (χ2v) is 16.9. The van der Waals surface area contributed by atoms with Gasteiger partial charge in [-0.05, 0) is 42.5 Å². The van der Waals surface area contributed by atoms with Crippen molar-refractivity contribution in [3.05, 3.63) is 196 Å². The summed E-state index contributed by atoms with van der Waals surface area (Å²) >= 11 is 0. The van der Waals surface area contributed by atoms with Gasteiger partial charge in [0.2, 0.25) is 17.8 Å². The summed E-state index contributed by atoms with van der Waals surface area (Å²) in [5, 5.41) is 0.912.